The molecule has 0 bridgehead atoms. The molecule has 1 aromatic carbocycles. The summed E-state index contributed by atoms with van der Waals surface area (Å²) in [6.45, 7) is 4.80. The maximum Gasteiger partial charge on any atom is 0.123 e. The van der Waals surface area contributed by atoms with Crippen LogP contribution in [0.15, 0.2) is 55.0 Å². The zero-order valence-electron chi connectivity index (χ0n) is 15.6. The summed E-state index contributed by atoms with van der Waals surface area (Å²) in [4.78, 5) is 6.72. The second-order valence-corrected chi connectivity index (χ2v) is 6.86. The molecule has 1 atom stereocenters. The van der Waals surface area contributed by atoms with Gasteiger partial charge in [0.2, 0.25) is 0 Å². The molecule has 0 aliphatic carbocycles. The maximum absolute atomic E-state index is 13.2. The molecular formula is C21H24FN5O. The van der Waals surface area contributed by atoms with Gasteiger partial charge in [-0.1, -0.05) is 6.07 Å². The molecule has 6 nitrogen and oxygen atoms in total. The van der Waals surface area contributed by atoms with E-state index in [1.54, 1.807) is 18.3 Å². The lowest BCUT2D eigenvalue weighted by Gasteiger charge is -2.34. The van der Waals surface area contributed by atoms with Gasteiger partial charge in [-0.3, -0.25) is 15.0 Å². The van der Waals surface area contributed by atoms with Crippen LogP contribution in [0.5, 0.6) is 0 Å². The molecule has 2 aromatic heterocycles. The Kier molecular flexibility index (Phi) is 6.06. The Morgan fingerprint density at radius 2 is 1.96 bits per heavy atom. The lowest BCUT2D eigenvalue weighted by molar-refractivity contribution is 0.0160. The minimum Gasteiger partial charge on any atom is -0.379 e. The number of H-pyrrole nitrogens is 1. The average Bonchev–Trinajstić information content (AvgIpc) is 3.21. The largest absolute Gasteiger partial charge is 0.379 e. The van der Waals surface area contributed by atoms with Crippen LogP contribution in [-0.2, 0) is 11.3 Å². The number of hydrogen-bond acceptors (Lipinski definition) is 5. The molecule has 28 heavy (non-hydrogen) atoms. The summed E-state index contributed by atoms with van der Waals surface area (Å²) in [6.07, 6.45) is 5.55. The van der Waals surface area contributed by atoms with Crippen LogP contribution >= 0.6 is 0 Å². The molecule has 0 spiro atoms. The highest BCUT2D eigenvalue weighted by molar-refractivity contribution is 5.62. The van der Waals surface area contributed by atoms with Crippen molar-refractivity contribution in [2.24, 2.45) is 0 Å². The topological polar surface area (TPSA) is 66.1 Å². The first kappa shape index (κ1) is 18.7. The number of nitrogens with zero attached hydrogens (tertiary/aromatic N) is 3. The predicted octanol–water partition coefficient (Wildman–Crippen LogP) is 2.77. The van der Waals surface area contributed by atoms with Crippen molar-refractivity contribution in [1.82, 2.24) is 25.4 Å². The van der Waals surface area contributed by atoms with Gasteiger partial charge in [0.1, 0.15) is 5.82 Å². The average molecular weight is 381 g/mol. The summed E-state index contributed by atoms with van der Waals surface area (Å²) in [5, 5.41) is 10.8. The van der Waals surface area contributed by atoms with Crippen molar-refractivity contribution in [2.75, 3.05) is 32.8 Å². The fourth-order valence-electron chi connectivity index (χ4n) is 3.58. The Hall–Kier alpha value is -2.61. The Morgan fingerprint density at radius 1 is 1.14 bits per heavy atom. The minimum absolute atomic E-state index is 0.235. The second kappa shape index (κ2) is 9.05. The normalized spacial score (nSPS) is 16.2. The van der Waals surface area contributed by atoms with Crippen molar-refractivity contribution in [2.45, 2.75) is 12.6 Å². The zero-order valence-corrected chi connectivity index (χ0v) is 15.6. The number of morpholine rings is 1. The van der Waals surface area contributed by atoms with Crippen LogP contribution < -0.4 is 5.32 Å². The number of hydrogen-bond donors (Lipinski definition) is 2. The summed E-state index contributed by atoms with van der Waals surface area (Å²) in [5.41, 5.74) is 4.09. The van der Waals surface area contributed by atoms with Gasteiger partial charge < -0.3 is 10.1 Å². The fraction of sp³-hybridized carbons (Fsp3) is 0.333. The first-order chi connectivity index (χ1) is 13.8. The SMILES string of the molecule is Fc1ccc(-c2[nH]ncc2CNC[C@@H](c2cccnc2)N2CCOCC2)cc1. The van der Waals surface area contributed by atoms with Crippen LogP contribution in [-0.4, -0.2) is 52.9 Å². The van der Waals surface area contributed by atoms with E-state index in [1.165, 1.54) is 17.7 Å². The van der Waals surface area contributed by atoms with E-state index in [4.69, 9.17) is 4.74 Å². The Morgan fingerprint density at radius 3 is 2.71 bits per heavy atom. The number of nitrogens with one attached hydrogen (secondary N) is 2. The summed E-state index contributed by atoms with van der Waals surface area (Å²) >= 11 is 0. The van der Waals surface area contributed by atoms with Crippen molar-refractivity contribution >= 4 is 0 Å². The number of ether oxygens (including phenoxy) is 1. The van der Waals surface area contributed by atoms with Crippen molar-refractivity contribution in [1.29, 1.82) is 0 Å². The Bertz CT molecular complexity index is 862. The van der Waals surface area contributed by atoms with E-state index in [2.05, 4.69) is 31.5 Å². The molecule has 4 rings (SSSR count). The molecule has 146 valence electrons. The van der Waals surface area contributed by atoms with Gasteiger partial charge in [0.05, 0.1) is 25.1 Å². The van der Waals surface area contributed by atoms with E-state index < -0.39 is 0 Å². The smallest absolute Gasteiger partial charge is 0.123 e. The van der Waals surface area contributed by atoms with Gasteiger partial charge in [-0.15, -0.1) is 0 Å². The van der Waals surface area contributed by atoms with Crippen LogP contribution in [0.1, 0.15) is 17.2 Å². The van der Waals surface area contributed by atoms with Crippen LogP contribution in [0.25, 0.3) is 11.3 Å². The molecule has 3 heterocycles. The molecule has 2 N–H and O–H groups in total. The van der Waals surface area contributed by atoms with Crippen molar-refractivity contribution < 1.29 is 9.13 Å². The van der Waals surface area contributed by atoms with E-state index in [0.717, 1.165) is 49.7 Å². The number of halogens is 1. The minimum atomic E-state index is -0.243. The Balaban J connectivity index is 1.44. The molecule has 0 saturated carbocycles. The van der Waals surface area contributed by atoms with Crippen LogP contribution in [0.3, 0.4) is 0 Å². The molecule has 3 aromatic rings. The van der Waals surface area contributed by atoms with E-state index in [0.29, 0.717) is 6.54 Å². The van der Waals surface area contributed by atoms with Crippen molar-refractivity contribution in [3.63, 3.8) is 0 Å². The van der Waals surface area contributed by atoms with E-state index in [-0.39, 0.29) is 11.9 Å². The van der Waals surface area contributed by atoms with Gasteiger partial charge in [0.15, 0.2) is 0 Å². The molecule has 1 aliphatic rings. The van der Waals surface area contributed by atoms with Crippen LogP contribution in [0.2, 0.25) is 0 Å². The third-order valence-corrected chi connectivity index (χ3v) is 5.06. The highest BCUT2D eigenvalue weighted by Crippen LogP contribution is 2.23. The van der Waals surface area contributed by atoms with E-state index in [1.807, 2.05) is 18.5 Å². The molecular weight excluding hydrogens is 357 g/mol. The number of rotatable bonds is 7. The number of pyridine rings is 1. The van der Waals surface area contributed by atoms with Crippen molar-refractivity contribution in [3.05, 3.63) is 71.9 Å². The predicted molar refractivity (Wildman–Crippen MR) is 105 cm³/mol. The molecule has 1 aliphatic heterocycles. The molecule has 0 unspecified atom stereocenters. The molecule has 7 heteroatoms. The molecule has 1 fully saturated rings. The number of aromatic nitrogens is 3. The maximum atomic E-state index is 13.2. The Labute approximate surface area is 163 Å². The molecule has 1 saturated heterocycles. The van der Waals surface area contributed by atoms with Gasteiger partial charge in [-0.2, -0.15) is 5.10 Å². The van der Waals surface area contributed by atoms with Crippen molar-refractivity contribution in [3.8, 4) is 11.3 Å². The molecule has 0 radical (unpaired) electrons. The third kappa shape index (κ3) is 4.44. The monoisotopic (exact) mass is 381 g/mol. The summed E-state index contributed by atoms with van der Waals surface area (Å²) < 4.78 is 18.7. The van der Waals surface area contributed by atoms with Gasteiger partial charge in [-0.25, -0.2) is 4.39 Å². The van der Waals surface area contributed by atoms with Gasteiger partial charge in [0, 0.05) is 55.7 Å². The summed E-state index contributed by atoms with van der Waals surface area (Å²) in [6, 6.07) is 10.8. The first-order valence-corrected chi connectivity index (χ1v) is 9.52. The summed E-state index contributed by atoms with van der Waals surface area (Å²) in [5.74, 6) is -0.243. The number of aromatic amines is 1. The van der Waals surface area contributed by atoms with Gasteiger partial charge in [0.25, 0.3) is 0 Å². The fourth-order valence-corrected chi connectivity index (χ4v) is 3.58. The van der Waals surface area contributed by atoms with Crippen LogP contribution in [0.4, 0.5) is 4.39 Å². The first-order valence-electron chi connectivity index (χ1n) is 9.52. The van der Waals surface area contributed by atoms with E-state index in [9.17, 15) is 4.39 Å². The van der Waals surface area contributed by atoms with Gasteiger partial charge >= 0.3 is 0 Å². The number of benzene rings is 1. The van der Waals surface area contributed by atoms with Crippen LogP contribution in [0, 0.1) is 5.82 Å². The third-order valence-electron chi connectivity index (χ3n) is 5.06. The highest BCUT2D eigenvalue weighted by Gasteiger charge is 2.22. The summed E-state index contributed by atoms with van der Waals surface area (Å²) in [7, 11) is 0. The zero-order chi connectivity index (χ0) is 19.2. The second-order valence-electron chi connectivity index (χ2n) is 6.86. The quantitative estimate of drug-likeness (QED) is 0.659. The highest BCUT2D eigenvalue weighted by atomic mass is 19.1. The lowest BCUT2D eigenvalue weighted by atomic mass is 10.1. The standard InChI is InChI=1S/C21H24FN5O/c22-19-5-3-16(4-6-19)21-18(14-25-26-21)13-24-15-20(17-2-1-7-23-12-17)27-8-10-28-11-9-27/h1-7,12,14,20,24H,8-11,13,15H2,(H,25,26)/t20-/m0/s1. The lowest BCUT2D eigenvalue weighted by Crippen LogP contribution is -2.42. The molecule has 0 amide bonds. The van der Waals surface area contributed by atoms with Gasteiger partial charge in [-0.05, 0) is 35.9 Å². The van der Waals surface area contributed by atoms with E-state index >= 15 is 0 Å².